The quantitative estimate of drug-likeness (QED) is 0.0774. The van der Waals surface area contributed by atoms with E-state index in [9.17, 15) is 24.3 Å². The fraction of sp³-hybridized carbons (Fsp3) is 0.286. The summed E-state index contributed by atoms with van der Waals surface area (Å²) in [5.74, 6) is -1.63. The number of urea groups is 2. The molecule has 0 bridgehead atoms. The number of rotatable bonds is 14. The summed E-state index contributed by atoms with van der Waals surface area (Å²) >= 11 is 0. The molecule has 11 nitrogen and oxygen atoms in total. The Morgan fingerprint density at radius 3 is 1.94 bits per heavy atom. The largest absolute Gasteiger partial charge is 0.478 e. The van der Waals surface area contributed by atoms with Crippen LogP contribution in [0.1, 0.15) is 69.9 Å². The maximum absolute atomic E-state index is 14.1. The second kappa shape index (κ2) is 18.5. The molecule has 0 aromatic heterocycles. The summed E-state index contributed by atoms with van der Waals surface area (Å²) in [6.07, 6.45) is 3.92. The molecule has 0 radical (unpaired) electrons. The van der Waals surface area contributed by atoms with E-state index in [1.54, 1.807) is 46.2 Å². The first-order chi connectivity index (χ1) is 25.6. The van der Waals surface area contributed by atoms with E-state index in [-0.39, 0.29) is 36.7 Å². The molecule has 5 rings (SSSR count). The van der Waals surface area contributed by atoms with Crippen molar-refractivity contribution in [1.29, 1.82) is 0 Å². The lowest BCUT2D eigenvalue weighted by molar-refractivity contribution is 0.0599. The molecule has 0 heterocycles. The highest BCUT2D eigenvalue weighted by molar-refractivity contribution is 5.95. The van der Waals surface area contributed by atoms with E-state index >= 15 is 0 Å². The van der Waals surface area contributed by atoms with Crippen molar-refractivity contribution in [2.45, 2.75) is 50.1 Å². The number of anilines is 2. The van der Waals surface area contributed by atoms with Gasteiger partial charge in [0.2, 0.25) is 0 Å². The molecule has 11 heteroatoms. The number of methoxy groups -OCH3 is 1. The third kappa shape index (κ3) is 10.6. The molecule has 0 unspecified atom stereocenters. The predicted molar refractivity (Wildman–Crippen MR) is 206 cm³/mol. The zero-order valence-corrected chi connectivity index (χ0v) is 29.9. The highest BCUT2D eigenvalue weighted by Crippen LogP contribution is 2.29. The van der Waals surface area contributed by atoms with Gasteiger partial charge in [0.15, 0.2) is 0 Å². The average Bonchev–Trinajstić information content (AvgIpc) is 3.17. The topological polar surface area (TPSA) is 154 Å². The number of nitrogens with one attached hydrogen (secondary N) is 2. The standard InChI is InChI=1S/C42H47N5O6/c1-29(28-47(38-22-10-9-21-37(38)43)42(52)45-34-19-11-17-32(25-34)39(48)49)27-46(41(51)44-35-20-12-18-33(26-35)40(50)53-2)24-23-36(30-13-5-3-6-14-30)31-15-7-4-8-16-31/h3-8,11-20,25-26,36-38H,1,9-10,21-24,27-28,43H2,2H3,(H,44,51)(H,45,52)(H,48,49)/t37-,38+/m0/s1. The Balaban J connectivity index is 1.40. The zero-order chi connectivity index (χ0) is 37.7. The number of ether oxygens (including phenoxy) is 1. The number of carboxylic acids is 1. The summed E-state index contributed by atoms with van der Waals surface area (Å²) in [4.78, 5) is 55.1. The monoisotopic (exact) mass is 717 g/mol. The Bertz CT molecular complexity index is 1850. The van der Waals surface area contributed by atoms with E-state index in [1.807, 2.05) is 36.4 Å². The second-order valence-electron chi connectivity index (χ2n) is 13.3. The van der Waals surface area contributed by atoms with Gasteiger partial charge in [0, 0.05) is 49.0 Å². The molecular weight excluding hydrogens is 670 g/mol. The first-order valence-electron chi connectivity index (χ1n) is 17.8. The van der Waals surface area contributed by atoms with Gasteiger partial charge in [-0.05, 0) is 72.4 Å². The van der Waals surface area contributed by atoms with Gasteiger partial charge < -0.3 is 36.0 Å². The van der Waals surface area contributed by atoms with Crippen LogP contribution >= 0.6 is 0 Å². The van der Waals surface area contributed by atoms with Crippen LogP contribution in [0, 0.1) is 0 Å². The molecule has 5 N–H and O–H groups in total. The van der Waals surface area contributed by atoms with Crippen LogP contribution in [-0.4, -0.2) is 77.7 Å². The number of carbonyl (C=O) groups excluding carboxylic acids is 3. The number of hydrogen-bond donors (Lipinski definition) is 4. The maximum atomic E-state index is 14.1. The fourth-order valence-electron chi connectivity index (χ4n) is 6.83. The van der Waals surface area contributed by atoms with Crippen molar-refractivity contribution in [3.63, 3.8) is 0 Å². The molecular formula is C42H47N5O6. The van der Waals surface area contributed by atoms with Crippen LogP contribution in [0.3, 0.4) is 0 Å². The molecule has 0 spiro atoms. The van der Waals surface area contributed by atoms with E-state index in [2.05, 4.69) is 41.5 Å². The van der Waals surface area contributed by atoms with Crippen molar-refractivity contribution in [2.24, 2.45) is 5.73 Å². The van der Waals surface area contributed by atoms with Crippen molar-refractivity contribution in [3.05, 3.63) is 144 Å². The van der Waals surface area contributed by atoms with Crippen molar-refractivity contribution >= 4 is 35.4 Å². The van der Waals surface area contributed by atoms with Gasteiger partial charge in [-0.25, -0.2) is 19.2 Å². The number of nitrogens with two attached hydrogens (primary N) is 1. The number of nitrogens with zero attached hydrogens (tertiary/aromatic N) is 2. The first-order valence-corrected chi connectivity index (χ1v) is 17.8. The number of hydrogen-bond acceptors (Lipinski definition) is 6. The van der Waals surface area contributed by atoms with Crippen LogP contribution < -0.4 is 16.4 Å². The molecule has 4 amide bonds. The normalized spacial score (nSPS) is 15.2. The lowest BCUT2D eigenvalue weighted by Crippen LogP contribution is -2.54. The van der Waals surface area contributed by atoms with Gasteiger partial charge in [-0.15, -0.1) is 0 Å². The van der Waals surface area contributed by atoms with E-state index in [1.165, 1.54) is 19.2 Å². The van der Waals surface area contributed by atoms with Crippen LogP contribution in [0.4, 0.5) is 21.0 Å². The van der Waals surface area contributed by atoms with Crippen molar-refractivity contribution in [3.8, 4) is 0 Å². The number of carbonyl (C=O) groups is 4. The molecule has 1 aliphatic rings. The average molecular weight is 718 g/mol. The highest BCUT2D eigenvalue weighted by Gasteiger charge is 2.32. The summed E-state index contributed by atoms with van der Waals surface area (Å²) in [6, 6.07) is 31.5. The number of aromatic carboxylic acids is 1. The van der Waals surface area contributed by atoms with E-state index in [0.29, 0.717) is 41.9 Å². The smallest absolute Gasteiger partial charge is 0.337 e. The minimum absolute atomic E-state index is 0.00676. The van der Waals surface area contributed by atoms with E-state index < -0.39 is 24.0 Å². The molecule has 2 atom stereocenters. The number of carboxylic acid groups (broad SMARTS) is 1. The molecule has 0 saturated heterocycles. The minimum atomic E-state index is -1.10. The maximum Gasteiger partial charge on any atom is 0.337 e. The Hall–Kier alpha value is -5.94. The Morgan fingerprint density at radius 1 is 0.792 bits per heavy atom. The summed E-state index contributed by atoms with van der Waals surface area (Å²) < 4.78 is 4.87. The third-order valence-electron chi connectivity index (χ3n) is 9.53. The molecule has 4 aromatic rings. The van der Waals surface area contributed by atoms with Crippen molar-refractivity contribution in [2.75, 3.05) is 37.4 Å². The van der Waals surface area contributed by atoms with Crippen LogP contribution in [-0.2, 0) is 4.74 Å². The highest BCUT2D eigenvalue weighted by atomic mass is 16.5. The molecule has 1 fully saturated rings. The van der Waals surface area contributed by atoms with E-state index in [0.717, 1.165) is 30.4 Å². The molecule has 1 saturated carbocycles. The number of esters is 1. The van der Waals surface area contributed by atoms with Gasteiger partial charge in [-0.1, -0.05) is 92.2 Å². The second-order valence-corrected chi connectivity index (χ2v) is 13.3. The summed E-state index contributed by atoms with van der Waals surface area (Å²) in [5, 5.41) is 15.3. The lowest BCUT2D eigenvalue weighted by Gasteiger charge is -2.39. The lowest BCUT2D eigenvalue weighted by atomic mass is 9.88. The summed E-state index contributed by atoms with van der Waals surface area (Å²) in [7, 11) is 1.30. The van der Waals surface area contributed by atoms with Crippen LogP contribution in [0.2, 0.25) is 0 Å². The molecule has 0 aliphatic heterocycles. The van der Waals surface area contributed by atoms with E-state index in [4.69, 9.17) is 10.5 Å². The van der Waals surface area contributed by atoms with Crippen LogP contribution in [0.15, 0.2) is 121 Å². The van der Waals surface area contributed by atoms with Crippen LogP contribution in [0.25, 0.3) is 0 Å². The molecule has 53 heavy (non-hydrogen) atoms. The summed E-state index contributed by atoms with van der Waals surface area (Å²) in [5.41, 5.74) is 10.5. The van der Waals surface area contributed by atoms with Gasteiger partial charge in [0.05, 0.1) is 18.2 Å². The first kappa shape index (κ1) is 38.3. The van der Waals surface area contributed by atoms with Crippen molar-refractivity contribution < 1.29 is 29.0 Å². The molecule has 4 aromatic carbocycles. The van der Waals surface area contributed by atoms with Crippen LogP contribution in [0.5, 0.6) is 0 Å². The Morgan fingerprint density at radius 2 is 1.36 bits per heavy atom. The summed E-state index contributed by atoms with van der Waals surface area (Å²) in [6.45, 7) is 4.92. The SMILES string of the molecule is C=C(CN(CCC(c1ccccc1)c1ccccc1)C(=O)Nc1cccc(C(=O)OC)c1)CN(C(=O)Nc1cccc(C(=O)O)c1)[C@@H]1CCCC[C@@H]1N. The zero-order valence-electron chi connectivity index (χ0n) is 29.9. The van der Waals surface area contributed by atoms with Gasteiger partial charge >= 0.3 is 24.0 Å². The third-order valence-corrected chi connectivity index (χ3v) is 9.53. The Labute approximate surface area is 310 Å². The number of amides is 4. The minimum Gasteiger partial charge on any atom is -0.478 e. The van der Waals surface area contributed by atoms with Gasteiger partial charge in [-0.3, -0.25) is 0 Å². The van der Waals surface area contributed by atoms with Crippen molar-refractivity contribution in [1.82, 2.24) is 9.80 Å². The fourth-order valence-corrected chi connectivity index (χ4v) is 6.83. The molecule has 276 valence electrons. The van der Waals surface area contributed by atoms with Gasteiger partial charge in [0.1, 0.15) is 0 Å². The Kier molecular flexibility index (Phi) is 13.4. The predicted octanol–water partition coefficient (Wildman–Crippen LogP) is 7.59. The molecule has 1 aliphatic carbocycles. The van der Waals surface area contributed by atoms with Gasteiger partial charge in [-0.2, -0.15) is 0 Å². The van der Waals surface area contributed by atoms with Gasteiger partial charge in [0.25, 0.3) is 0 Å². The number of benzene rings is 4.